The summed E-state index contributed by atoms with van der Waals surface area (Å²) < 4.78 is 0. The number of hydrogen-bond donors (Lipinski definition) is 0. The zero-order valence-corrected chi connectivity index (χ0v) is 15.9. The van der Waals surface area contributed by atoms with Gasteiger partial charge >= 0.3 is 0 Å². The molecule has 2 nitrogen and oxygen atoms in total. The lowest BCUT2D eigenvalue weighted by Gasteiger charge is -2.28. The van der Waals surface area contributed by atoms with E-state index in [1.807, 2.05) is 11.8 Å². The van der Waals surface area contributed by atoms with E-state index in [-0.39, 0.29) is 11.3 Å². The number of amides is 1. The molecule has 0 radical (unpaired) electrons. The van der Waals surface area contributed by atoms with E-state index < -0.39 is 0 Å². The van der Waals surface area contributed by atoms with Crippen LogP contribution in [0.4, 0.5) is 0 Å². The Morgan fingerprint density at radius 3 is 2.52 bits per heavy atom. The maximum Gasteiger partial charge on any atom is 0.226 e. The molecule has 0 spiro atoms. The molecule has 0 aromatic heterocycles. The van der Waals surface area contributed by atoms with Crippen LogP contribution in [0.1, 0.15) is 75.8 Å². The first-order valence-electron chi connectivity index (χ1n) is 9.10. The third-order valence-electron chi connectivity index (χ3n) is 4.81. The van der Waals surface area contributed by atoms with E-state index >= 15 is 0 Å². The number of unbranched alkanes of at least 4 members (excludes halogenated alkanes) is 1. The molecular formula is C20H31NOS. The van der Waals surface area contributed by atoms with Crippen molar-refractivity contribution in [3.63, 3.8) is 0 Å². The lowest BCUT2D eigenvalue weighted by atomic mass is 9.97. The van der Waals surface area contributed by atoms with Crippen molar-refractivity contribution in [3.8, 4) is 0 Å². The van der Waals surface area contributed by atoms with Crippen LogP contribution in [0.3, 0.4) is 0 Å². The Morgan fingerprint density at radius 1 is 1.26 bits per heavy atom. The summed E-state index contributed by atoms with van der Waals surface area (Å²) >= 11 is 1.90. The third-order valence-corrected chi connectivity index (χ3v) is 6.07. The summed E-state index contributed by atoms with van der Waals surface area (Å²) in [7, 11) is 0. The summed E-state index contributed by atoms with van der Waals surface area (Å²) in [4.78, 5) is 15.1. The second kappa shape index (κ2) is 8.77. The van der Waals surface area contributed by atoms with E-state index in [2.05, 4.69) is 56.9 Å². The van der Waals surface area contributed by atoms with Gasteiger partial charge in [-0.25, -0.2) is 0 Å². The molecule has 0 unspecified atom stereocenters. The Kier molecular flexibility index (Phi) is 7.01. The molecule has 1 aliphatic heterocycles. The summed E-state index contributed by atoms with van der Waals surface area (Å²) in [5.41, 5.74) is 2.64. The normalized spacial score (nSPS) is 19.3. The lowest BCUT2D eigenvalue weighted by Crippen LogP contribution is -2.35. The van der Waals surface area contributed by atoms with E-state index in [1.54, 1.807) is 0 Å². The molecule has 1 heterocycles. The first-order valence-corrected chi connectivity index (χ1v) is 10.1. The van der Waals surface area contributed by atoms with Crippen molar-refractivity contribution >= 4 is 17.7 Å². The Balaban J connectivity index is 2.11. The van der Waals surface area contributed by atoms with Gasteiger partial charge in [0.05, 0.1) is 0 Å². The Labute approximate surface area is 146 Å². The summed E-state index contributed by atoms with van der Waals surface area (Å²) in [6.45, 7) is 9.67. The molecule has 1 aromatic carbocycles. The van der Waals surface area contributed by atoms with Gasteiger partial charge in [-0.1, -0.05) is 64.8 Å². The predicted octanol–water partition coefficient (Wildman–Crippen LogP) is 5.60. The topological polar surface area (TPSA) is 20.3 Å². The number of nitrogens with zero attached hydrogens (tertiary/aromatic N) is 1. The molecule has 23 heavy (non-hydrogen) atoms. The number of carbonyl (C=O) groups is 1. The highest BCUT2D eigenvalue weighted by Gasteiger charge is 2.33. The molecule has 1 saturated heterocycles. The second-order valence-electron chi connectivity index (χ2n) is 6.82. The van der Waals surface area contributed by atoms with Crippen LogP contribution in [0.15, 0.2) is 24.3 Å². The van der Waals surface area contributed by atoms with Crippen LogP contribution < -0.4 is 0 Å². The highest BCUT2D eigenvalue weighted by atomic mass is 32.2. The molecule has 2 rings (SSSR count). The maximum absolute atomic E-state index is 13.0. The van der Waals surface area contributed by atoms with Crippen molar-refractivity contribution < 1.29 is 4.79 Å². The molecule has 0 N–H and O–H groups in total. The molecular weight excluding hydrogens is 302 g/mol. The fourth-order valence-corrected chi connectivity index (χ4v) is 4.47. The average Bonchev–Trinajstić information content (AvgIpc) is 3.05. The number of benzene rings is 1. The summed E-state index contributed by atoms with van der Waals surface area (Å²) in [5, 5.41) is 0.208. The average molecular weight is 334 g/mol. The number of thioether (sulfide) groups is 1. The quantitative estimate of drug-likeness (QED) is 0.647. The van der Waals surface area contributed by atoms with Crippen LogP contribution in [-0.2, 0) is 4.79 Å². The van der Waals surface area contributed by atoms with Crippen LogP contribution in [0.5, 0.6) is 0 Å². The van der Waals surface area contributed by atoms with Gasteiger partial charge in [0.1, 0.15) is 5.37 Å². The molecule has 1 aromatic rings. The Morgan fingerprint density at radius 2 is 1.96 bits per heavy atom. The van der Waals surface area contributed by atoms with Gasteiger partial charge < -0.3 is 4.90 Å². The summed E-state index contributed by atoms with van der Waals surface area (Å²) in [6.07, 6.45) is 4.31. The Hall–Kier alpha value is -0.960. The molecule has 1 amide bonds. The van der Waals surface area contributed by atoms with Crippen molar-refractivity contribution in [2.24, 2.45) is 5.92 Å². The van der Waals surface area contributed by atoms with Crippen LogP contribution in [0, 0.1) is 5.92 Å². The molecule has 0 aliphatic carbocycles. The lowest BCUT2D eigenvalue weighted by molar-refractivity contribution is -0.136. The van der Waals surface area contributed by atoms with Gasteiger partial charge in [-0.3, -0.25) is 4.79 Å². The first kappa shape index (κ1) is 18.4. The highest BCUT2D eigenvalue weighted by Crippen LogP contribution is 2.39. The SMILES string of the molecule is CCCC[C@@H](CC)C(=O)N1CCS[C@H]1c1ccc(C(C)C)cc1. The van der Waals surface area contributed by atoms with Crippen molar-refractivity contribution in [2.75, 3.05) is 12.3 Å². The number of rotatable bonds is 7. The minimum Gasteiger partial charge on any atom is -0.325 e. The van der Waals surface area contributed by atoms with Crippen LogP contribution in [0.25, 0.3) is 0 Å². The smallest absolute Gasteiger partial charge is 0.226 e. The van der Waals surface area contributed by atoms with E-state index in [0.717, 1.165) is 31.6 Å². The molecule has 0 saturated carbocycles. The highest BCUT2D eigenvalue weighted by molar-refractivity contribution is 7.99. The fourth-order valence-electron chi connectivity index (χ4n) is 3.20. The van der Waals surface area contributed by atoms with E-state index in [1.165, 1.54) is 17.5 Å². The fraction of sp³-hybridized carbons (Fsp3) is 0.650. The van der Waals surface area contributed by atoms with E-state index in [4.69, 9.17) is 0 Å². The van der Waals surface area contributed by atoms with Gasteiger partial charge in [-0.05, 0) is 29.9 Å². The van der Waals surface area contributed by atoms with E-state index in [0.29, 0.717) is 11.8 Å². The van der Waals surface area contributed by atoms with Crippen LogP contribution in [0.2, 0.25) is 0 Å². The molecule has 3 heteroatoms. The molecule has 2 atom stereocenters. The standard InChI is InChI=1S/C20H31NOS/c1-5-7-8-16(6-2)19(22)21-13-14-23-20(21)18-11-9-17(10-12-18)15(3)4/h9-12,15-16,20H,5-8,13-14H2,1-4H3/t16-,20+/m1/s1. The third kappa shape index (κ3) is 4.53. The molecule has 128 valence electrons. The van der Waals surface area contributed by atoms with Crippen molar-refractivity contribution in [1.29, 1.82) is 0 Å². The van der Waals surface area contributed by atoms with Crippen molar-refractivity contribution in [2.45, 2.75) is 64.7 Å². The largest absolute Gasteiger partial charge is 0.325 e. The molecule has 1 fully saturated rings. The van der Waals surface area contributed by atoms with Crippen molar-refractivity contribution in [1.82, 2.24) is 4.90 Å². The van der Waals surface area contributed by atoms with Gasteiger partial charge in [0.25, 0.3) is 0 Å². The number of hydrogen-bond acceptors (Lipinski definition) is 2. The minimum atomic E-state index is 0.200. The monoisotopic (exact) mass is 333 g/mol. The van der Waals surface area contributed by atoms with Gasteiger partial charge in [0, 0.05) is 18.2 Å². The van der Waals surface area contributed by atoms with Gasteiger partial charge in [-0.15, -0.1) is 11.8 Å². The summed E-state index contributed by atoms with van der Waals surface area (Å²) in [5.74, 6) is 2.17. The van der Waals surface area contributed by atoms with Crippen LogP contribution in [-0.4, -0.2) is 23.1 Å². The first-order chi connectivity index (χ1) is 11.1. The minimum absolute atomic E-state index is 0.200. The summed E-state index contributed by atoms with van der Waals surface area (Å²) in [6, 6.07) is 8.86. The maximum atomic E-state index is 13.0. The second-order valence-corrected chi connectivity index (χ2v) is 8.01. The number of carbonyl (C=O) groups excluding carboxylic acids is 1. The molecule has 0 bridgehead atoms. The zero-order valence-electron chi connectivity index (χ0n) is 15.0. The van der Waals surface area contributed by atoms with Crippen molar-refractivity contribution in [3.05, 3.63) is 35.4 Å². The van der Waals surface area contributed by atoms with Gasteiger partial charge in [0.15, 0.2) is 0 Å². The van der Waals surface area contributed by atoms with Gasteiger partial charge in [0.2, 0.25) is 5.91 Å². The van der Waals surface area contributed by atoms with E-state index in [9.17, 15) is 4.79 Å². The predicted molar refractivity (Wildman–Crippen MR) is 101 cm³/mol. The Bertz CT molecular complexity index is 497. The molecule has 1 aliphatic rings. The van der Waals surface area contributed by atoms with Crippen LogP contribution >= 0.6 is 11.8 Å². The zero-order chi connectivity index (χ0) is 16.8. The van der Waals surface area contributed by atoms with Gasteiger partial charge in [-0.2, -0.15) is 0 Å².